The Labute approximate surface area is 130 Å². The molecule has 0 rings (SSSR count). The summed E-state index contributed by atoms with van der Waals surface area (Å²) >= 11 is 5.48. The molecule has 120 valence electrons. The van der Waals surface area contributed by atoms with Gasteiger partial charge in [-0.3, -0.25) is 0 Å². The van der Waals surface area contributed by atoms with Crippen molar-refractivity contribution in [3.63, 3.8) is 0 Å². The molecule has 2 atom stereocenters. The average molecular weight is 323 g/mol. The largest absolute Gasteiger partial charge is 0.504 e. The molecule has 0 heterocycles. The van der Waals surface area contributed by atoms with Crippen molar-refractivity contribution in [3.8, 4) is 0 Å². The molecule has 6 heteroatoms. The molecule has 0 fully saturated rings. The zero-order valence-corrected chi connectivity index (χ0v) is 15.5. The van der Waals surface area contributed by atoms with Crippen LogP contribution in [0.1, 0.15) is 46.5 Å². The van der Waals surface area contributed by atoms with Crippen LogP contribution in [0.5, 0.6) is 0 Å². The molecule has 0 aliphatic rings. The van der Waals surface area contributed by atoms with E-state index in [9.17, 15) is 0 Å². The average Bonchev–Trinajstić information content (AvgIpc) is 2.48. The Morgan fingerprint density at radius 2 is 1.55 bits per heavy atom. The Bertz CT molecular complexity index is 264. The van der Waals surface area contributed by atoms with Crippen LogP contribution in [0.4, 0.5) is 0 Å². The summed E-state index contributed by atoms with van der Waals surface area (Å²) in [4.78, 5) is 0. The highest BCUT2D eigenvalue weighted by Gasteiger charge is 2.51. The lowest BCUT2D eigenvalue weighted by Crippen LogP contribution is -2.51. The molecular formula is C14H30O4SSi. The van der Waals surface area contributed by atoms with Gasteiger partial charge in [0.15, 0.2) is 5.05 Å². The summed E-state index contributed by atoms with van der Waals surface area (Å²) < 4.78 is 22.7. The van der Waals surface area contributed by atoms with Gasteiger partial charge in [-0.15, -0.1) is 0 Å². The summed E-state index contributed by atoms with van der Waals surface area (Å²) in [7, 11) is 2.25. The monoisotopic (exact) mass is 322 g/mol. The van der Waals surface area contributed by atoms with E-state index in [1.807, 2.05) is 0 Å². The van der Waals surface area contributed by atoms with Crippen LogP contribution in [-0.2, 0) is 18.0 Å². The zero-order valence-electron chi connectivity index (χ0n) is 13.7. The number of rotatable bonds is 11. The molecule has 0 aromatic carbocycles. The van der Waals surface area contributed by atoms with Crippen LogP contribution in [0.15, 0.2) is 0 Å². The molecule has 20 heavy (non-hydrogen) atoms. The summed E-state index contributed by atoms with van der Waals surface area (Å²) in [5.74, 6) is 0.128. The Hall–Kier alpha value is -0.0131. The zero-order chi connectivity index (χ0) is 15.6. The fourth-order valence-electron chi connectivity index (χ4n) is 2.56. The van der Waals surface area contributed by atoms with Crippen LogP contribution in [0.2, 0.25) is 5.54 Å². The third-order valence-corrected chi connectivity index (χ3v) is 7.31. The van der Waals surface area contributed by atoms with Crippen LogP contribution in [-0.4, -0.2) is 41.8 Å². The summed E-state index contributed by atoms with van der Waals surface area (Å²) in [5, 5.41) is 0.663. The van der Waals surface area contributed by atoms with Crippen molar-refractivity contribution in [1.82, 2.24) is 0 Å². The molecule has 0 spiro atoms. The second-order valence-electron chi connectivity index (χ2n) is 4.79. The lowest BCUT2D eigenvalue weighted by Gasteiger charge is -2.37. The van der Waals surface area contributed by atoms with Crippen molar-refractivity contribution >= 4 is 26.1 Å². The number of hydrogen-bond donors (Lipinski definition) is 0. The van der Waals surface area contributed by atoms with E-state index in [2.05, 4.69) is 20.8 Å². The van der Waals surface area contributed by atoms with Gasteiger partial charge in [-0.25, -0.2) is 0 Å². The van der Waals surface area contributed by atoms with Gasteiger partial charge >= 0.3 is 8.80 Å². The molecule has 0 amide bonds. The number of ether oxygens (including phenoxy) is 1. The maximum absolute atomic E-state index is 5.69. The van der Waals surface area contributed by atoms with E-state index in [-0.39, 0.29) is 11.5 Å². The molecule has 0 saturated heterocycles. The SMILES string of the molecule is CCCOC(=S)C(CC)C(CCC)[Si](OC)(OC)OC. The third kappa shape index (κ3) is 5.07. The van der Waals surface area contributed by atoms with Crippen molar-refractivity contribution in [2.75, 3.05) is 27.9 Å². The van der Waals surface area contributed by atoms with Crippen molar-refractivity contribution < 1.29 is 18.0 Å². The minimum Gasteiger partial charge on any atom is -0.487 e. The van der Waals surface area contributed by atoms with Gasteiger partial charge in [0, 0.05) is 32.8 Å². The minimum absolute atomic E-state index is 0.128. The van der Waals surface area contributed by atoms with Crippen molar-refractivity contribution in [1.29, 1.82) is 0 Å². The van der Waals surface area contributed by atoms with E-state index in [4.69, 9.17) is 30.2 Å². The first-order valence-electron chi connectivity index (χ1n) is 7.38. The minimum atomic E-state index is -2.72. The van der Waals surface area contributed by atoms with Gasteiger partial charge in [0.25, 0.3) is 0 Å². The second-order valence-corrected chi connectivity index (χ2v) is 8.37. The molecule has 0 aromatic heterocycles. The number of hydrogen-bond acceptors (Lipinski definition) is 5. The quantitative estimate of drug-likeness (QED) is 0.427. The normalized spacial score (nSPS) is 14.9. The van der Waals surface area contributed by atoms with Gasteiger partial charge in [0.05, 0.1) is 6.61 Å². The second kappa shape index (κ2) is 10.7. The van der Waals surface area contributed by atoms with Crippen LogP contribution >= 0.6 is 12.2 Å². The van der Waals surface area contributed by atoms with Gasteiger partial charge in [-0.2, -0.15) is 0 Å². The first-order valence-corrected chi connectivity index (χ1v) is 9.59. The maximum Gasteiger partial charge on any atom is 0.504 e. The van der Waals surface area contributed by atoms with E-state index in [0.717, 1.165) is 25.7 Å². The van der Waals surface area contributed by atoms with Gasteiger partial charge in [-0.1, -0.05) is 27.2 Å². The smallest absolute Gasteiger partial charge is 0.487 e. The first kappa shape index (κ1) is 20.0. The predicted octanol–water partition coefficient (Wildman–Crippen LogP) is 3.82. The summed E-state index contributed by atoms with van der Waals surface area (Å²) in [5.41, 5.74) is 0.141. The van der Waals surface area contributed by atoms with Crippen LogP contribution < -0.4 is 0 Å². The highest BCUT2D eigenvalue weighted by Crippen LogP contribution is 2.38. The van der Waals surface area contributed by atoms with Crippen LogP contribution in [0.3, 0.4) is 0 Å². The van der Waals surface area contributed by atoms with Crippen molar-refractivity contribution in [2.45, 2.75) is 52.0 Å². The van der Waals surface area contributed by atoms with E-state index < -0.39 is 8.80 Å². The Morgan fingerprint density at radius 3 is 1.90 bits per heavy atom. The molecule has 0 bridgehead atoms. The molecule has 0 saturated carbocycles. The van der Waals surface area contributed by atoms with Gasteiger partial charge < -0.3 is 18.0 Å². The van der Waals surface area contributed by atoms with E-state index in [1.165, 1.54) is 0 Å². The highest BCUT2D eigenvalue weighted by atomic mass is 32.1. The molecule has 0 aliphatic heterocycles. The topological polar surface area (TPSA) is 36.9 Å². The van der Waals surface area contributed by atoms with Gasteiger partial charge in [-0.05, 0) is 31.5 Å². The molecule has 0 N–H and O–H groups in total. The molecule has 0 aromatic rings. The van der Waals surface area contributed by atoms with E-state index in [0.29, 0.717) is 11.7 Å². The molecule has 0 radical (unpaired) electrons. The lowest BCUT2D eigenvalue weighted by molar-refractivity contribution is 0.101. The van der Waals surface area contributed by atoms with Crippen molar-refractivity contribution in [2.24, 2.45) is 5.92 Å². The van der Waals surface area contributed by atoms with Crippen molar-refractivity contribution in [3.05, 3.63) is 0 Å². The standard InChI is InChI=1S/C14H30O4SSi/c1-7-10-13(20(15-4,16-5)17-6)12(9-3)14(19)18-11-8-2/h12-13H,7-11H2,1-6H3. The van der Waals surface area contributed by atoms with Gasteiger partial charge in [0.2, 0.25) is 0 Å². The molecular weight excluding hydrogens is 292 g/mol. The highest BCUT2D eigenvalue weighted by molar-refractivity contribution is 7.80. The molecule has 2 unspecified atom stereocenters. The maximum atomic E-state index is 5.69. The van der Waals surface area contributed by atoms with E-state index >= 15 is 0 Å². The first-order chi connectivity index (χ1) is 9.56. The fourth-order valence-corrected chi connectivity index (χ4v) is 6.03. The van der Waals surface area contributed by atoms with Crippen LogP contribution in [0.25, 0.3) is 0 Å². The summed E-state index contributed by atoms with van der Waals surface area (Å²) in [6.07, 6.45) is 3.84. The molecule has 0 aliphatic carbocycles. The van der Waals surface area contributed by atoms with Gasteiger partial charge in [0.1, 0.15) is 0 Å². The Morgan fingerprint density at radius 1 is 1.00 bits per heavy atom. The summed E-state index contributed by atoms with van der Waals surface area (Å²) in [6.45, 7) is 7.01. The Balaban J connectivity index is 5.22. The Kier molecular flexibility index (Phi) is 10.7. The van der Waals surface area contributed by atoms with Crippen LogP contribution in [0, 0.1) is 5.92 Å². The summed E-state index contributed by atoms with van der Waals surface area (Å²) in [6, 6.07) is 0. The lowest BCUT2D eigenvalue weighted by atomic mass is 9.99. The fraction of sp³-hybridized carbons (Fsp3) is 0.929. The van der Waals surface area contributed by atoms with E-state index in [1.54, 1.807) is 21.3 Å². The number of thiocarbonyl (C=S) groups is 1. The predicted molar refractivity (Wildman–Crippen MR) is 88.1 cm³/mol. The third-order valence-electron chi connectivity index (χ3n) is 3.58. The molecule has 4 nitrogen and oxygen atoms in total.